The fraction of sp³-hybridized carbons (Fsp3) is 0.722. The Bertz CT molecular complexity index is 657. The second-order valence-electron chi connectivity index (χ2n) is 7.33. The number of hydrogen-bond donors (Lipinski definition) is 1. The van der Waals surface area contributed by atoms with Gasteiger partial charge in [-0.05, 0) is 28.8 Å². The molecule has 1 aromatic rings. The molecule has 1 saturated carbocycles. The highest BCUT2D eigenvalue weighted by Gasteiger charge is 2.34. The summed E-state index contributed by atoms with van der Waals surface area (Å²) in [6.45, 7) is 8.52. The van der Waals surface area contributed by atoms with Gasteiger partial charge in [-0.1, -0.05) is 0 Å². The van der Waals surface area contributed by atoms with E-state index in [4.69, 9.17) is 9.72 Å². The average molecular weight is 439 g/mol. The standard InChI is InChI=1S/C18H27BrN6O2/c19-15-13-21-18(20-3-4-23-9-11-27-12-10-23)22-16(15)24-5-7-25(8-6-24)17(26)14-1-2-14/h13-14H,1-12H2,(H,20,21,22). The Labute approximate surface area is 168 Å². The number of rotatable bonds is 6. The van der Waals surface area contributed by atoms with Crippen molar-refractivity contribution in [2.24, 2.45) is 5.92 Å². The van der Waals surface area contributed by atoms with Crippen molar-refractivity contribution in [1.29, 1.82) is 0 Å². The summed E-state index contributed by atoms with van der Waals surface area (Å²) in [6.07, 6.45) is 3.94. The molecule has 3 heterocycles. The Kier molecular flexibility index (Phi) is 6.09. The van der Waals surface area contributed by atoms with Gasteiger partial charge in [0.1, 0.15) is 5.82 Å². The molecule has 4 rings (SSSR count). The summed E-state index contributed by atoms with van der Waals surface area (Å²) in [5.41, 5.74) is 0. The second kappa shape index (κ2) is 8.70. The molecule has 0 aromatic carbocycles. The van der Waals surface area contributed by atoms with Crippen LogP contribution in [0.15, 0.2) is 10.7 Å². The predicted molar refractivity (Wildman–Crippen MR) is 107 cm³/mol. The van der Waals surface area contributed by atoms with E-state index in [1.807, 2.05) is 4.90 Å². The topological polar surface area (TPSA) is 73.8 Å². The summed E-state index contributed by atoms with van der Waals surface area (Å²) in [5.74, 6) is 2.18. The van der Waals surface area contributed by atoms with Gasteiger partial charge < -0.3 is 19.9 Å². The van der Waals surface area contributed by atoms with Crippen LogP contribution in [0.4, 0.5) is 11.8 Å². The average Bonchev–Trinajstić information content (AvgIpc) is 3.55. The van der Waals surface area contributed by atoms with Gasteiger partial charge in [0.2, 0.25) is 11.9 Å². The summed E-state index contributed by atoms with van der Waals surface area (Å²) in [6, 6.07) is 0. The van der Waals surface area contributed by atoms with Gasteiger partial charge in [-0.25, -0.2) is 4.98 Å². The molecule has 0 bridgehead atoms. The van der Waals surface area contributed by atoms with Crippen molar-refractivity contribution >= 4 is 33.6 Å². The normalized spacial score (nSPS) is 21.4. The molecule has 148 valence electrons. The molecule has 1 aliphatic carbocycles. The van der Waals surface area contributed by atoms with Crippen LogP contribution >= 0.6 is 15.9 Å². The quantitative estimate of drug-likeness (QED) is 0.710. The van der Waals surface area contributed by atoms with Gasteiger partial charge >= 0.3 is 0 Å². The number of hydrogen-bond acceptors (Lipinski definition) is 7. The molecule has 8 nitrogen and oxygen atoms in total. The van der Waals surface area contributed by atoms with Crippen LogP contribution in [0, 0.1) is 5.92 Å². The van der Waals surface area contributed by atoms with E-state index in [1.165, 1.54) is 0 Å². The molecule has 1 aromatic heterocycles. The molecule has 0 radical (unpaired) electrons. The maximum absolute atomic E-state index is 12.2. The van der Waals surface area contributed by atoms with Crippen molar-refractivity contribution in [2.75, 3.05) is 75.8 Å². The van der Waals surface area contributed by atoms with E-state index in [0.717, 1.165) is 88.7 Å². The van der Waals surface area contributed by atoms with Gasteiger partial charge in [0.15, 0.2) is 0 Å². The number of nitrogens with one attached hydrogen (secondary N) is 1. The Hall–Kier alpha value is -1.45. The molecule has 3 fully saturated rings. The Morgan fingerprint density at radius 1 is 1.19 bits per heavy atom. The third-order valence-electron chi connectivity index (χ3n) is 5.36. The molecule has 0 spiro atoms. The van der Waals surface area contributed by atoms with Crippen molar-refractivity contribution in [3.63, 3.8) is 0 Å². The number of ether oxygens (including phenoxy) is 1. The molecule has 2 aliphatic heterocycles. The molecular formula is C18H27BrN6O2. The van der Waals surface area contributed by atoms with Gasteiger partial charge in [-0.3, -0.25) is 9.69 Å². The van der Waals surface area contributed by atoms with E-state index < -0.39 is 0 Å². The number of morpholine rings is 1. The number of piperazine rings is 1. The fourth-order valence-electron chi connectivity index (χ4n) is 3.54. The zero-order valence-corrected chi connectivity index (χ0v) is 17.2. The Morgan fingerprint density at radius 2 is 1.93 bits per heavy atom. The SMILES string of the molecule is O=C(C1CC1)N1CCN(c2nc(NCCN3CCOCC3)ncc2Br)CC1. The van der Waals surface area contributed by atoms with Crippen molar-refractivity contribution in [3.05, 3.63) is 10.7 Å². The lowest BCUT2D eigenvalue weighted by atomic mass is 10.2. The number of carbonyl (C=O) groups excluding carboxylic acids is 1. The first-order chi connectivity index (χ1) is 13.2. The lowest BCUT2D eigenvalue weighted by Gasteiger charge is -2.36. The van der Waals surface area contributed by atoms with Gasteiger partial charge in [0, 0.05) is 64.5 Å². The molecule has 1 N–H and O–H groups in total. The van der Waals surface area contributed by atoms with E-state index in [0.29, 0.717) is 17.8 Å². The predicted octanol–water partition coefficient (Wildman–Crippen LogP) is 1.04. The van der Waals surface area contributed by atoms with Crippen LogP contribution in [-0.4, -0.2) is 91.2 Å². The Balaban J connectivity index is 1.30. The number of anilines is 2. The Morgan fingerprint density at radius 3 is 2.63 bits per heavy atom. The zero-order valence-electron chi connectivity index (χ0n) is 15.6. The van der Waals surface area contributed by atoms with E-state index in [-0.39, 0.29) is 0 Å². The van der Waals surface area contributed by atoms with Crippen molar-refractivity contribution < 1.29 is 9.53 Å². The number of nitrogens with zero attached hydrogens (tertiary/aromatic N) is 5. The maximum Gasteiger partial charge on any atom is 0.225 e. The van der Waals surface area contributed by atoms with Crippen LogP contribution in [-0.2, 0) is 9.53 Å². The molecule has 3 aliphatic rings. The summed E-state index contributed by atoms with van der Waals surface area (Å²) in [4.78, 5) is 27.9. The number of aromatic nitrogens is 2. The van der Waals surface area contributed by atoms with E-state index in [1.54, 1.807) is 6.20 Å². The lowest BCUT2D eigenvalue weighted by Crippen LogP contribution is -2.49. The highest BCUT2D eigenvalue weighted by atomic mass is 79.9. The monoisotopic (exact) mass is 438 g/mol. The van der Waals surface area contributed by atoms with Crippen LogP contribution in [0.3, 0.4) is 0 Å². The number of amides is 1. The maximum atomic E-state index is 12.2. The summed E-state index contributed by atoms with van der Waals surface area (Å²) in [7, 11) is 0. The van der Waals surface area contributed by atoms with Gasteiger partial charge in [0.25, 0.3) is 0 Å². The van der Waals surface area contributed by atoms with Crippen LogP contribution in [0.5, 0.6) is 0 Å². The highest BCUT2D eigenvalue weighted by molar-refractivity contribution is 9.10. The summed E-state index contributed by atoms with van der Waals surface area (Å²) in [5, 5.41) is 3.33. The molecule has 0 unspecified atom stereocenters. The van der Waals surface area contributed by atoms with Gasteiger partial charge in [-0.15, -0.1) is 0 Å². The molecule has 9 heteroatoms. The molecule has 0 atom stereocenters. The lowest BCUT2D eigenvalue weighted by molar-refractivity contribution is -0.132. The minimum Gasteiger partial charge on any atom is -0.379 e. The third kappa shape index (κ3) is 4.89. The van der Waals surface area contributed by atoms with Gasteiger partial charge in [0.05, 0.1) is 17.7 Å². The van der Waals surface area contributed by atoms with Crippen LogP contribution in [0.25, 0.3) is 0 Å². The third-order valence-corrected chi connectivity index (χ3v) is 5.92. The second-order valence-corrected chi connectivity index (χ2v) is 8.19. The smallest absolute Gasteiger partial charge is 0.225 e. The van der Waals surface area contributed by atoms with Crippen molar-refractivity contribution in [1.82, 2.24) is 19.8 Å². The molecule has 1 amide bonds. The highest BCUT2D eigenvalue weighted by Crippen LogP contribution is 2.32. The van der Waals surface area contributed by atoms with Crippen molar-refractivity contribution in [3.8, 4) is 0 Å². The fourth-order valence-corrected chi connectivity index (χ4v) is 3.98. The van der Waals surface area contributed by atoms with Crippen LogP contribution < -0.4 is 10.2 Å². The zero-order chi connectivity index (χ0) is 18.6. The molecule has 27 heavy (non-hydrogen) atoms. The molecule has 2 saturated heterocycles. The number of carbonyl (C=O) groups is 1. The van der Waals surface area contributed by atoms with Crippen molar-refractivity contribution in [2.45, 2.75) is 12.8 Å². The van der Waals surface area contributed by atoms with E-state index in [2.05, 4.69) is 36.0 Å². The largest absolute Gasteiger partial charge is 0.379 e. The van der Waals surface area contributed by atoms with Gasteiger partial charge in [-0.2, -0.15) is 4.98 Å². The minimum atomic E-state index is 0.296. The van der Waals surface area contributed by atoms with Crippen LogP contribution in [0.1, 0.15) is 12.8 Å². The number of halogens is 1. The van der Waals surface area contributed by atoms with Crippen LogP contribution in [0.2, 0.25) is 0 Å². The first-order valence-corrected chi connectivity index (χ1v) is 10.6. The summed E-state index contributed by atoms with van der Waals surface area (Å²) >= 11 is 3.58. The first-order valence-electron chi connectivity index (χ1n) is 9.81. The first kappa shape index (κ1) is 18.9. The van der Waals surface area contributed by atoms with E-state index >= 15 is 0 Å². The molecular weight excluding hydrogens is 412 g/mol. The minimum absolute atomic E-state index is 0.296. The summed E-state index contributed by atoms with van der Waals surface area (Å²) < 4.78 is 6.27. The van der Waals surface area contributed by atoms with E-state index in [9.17, 15) is 4.79 Å².